The van der Waals surface area contributed by atoms with Crippen molar-refractivity contribution in [3.63, 3.8) is 0 Å². The highest BCUT2D eigenvalue weighted by atomic mass is 32.2. The zero-order valence-electron chi connectivity index (χ0n) is 25.1. The molecule has 0 saturated carbocycles. The molecule has 12 heteroatoms. The molecule has 4 aromatic carbocycles. The minimum absolute atomic E-state index is 0.00737. The van der Waals surface area contributed by atoms with Crippen LogP contribution in [0.4, 0.5) is 5.69 Å². The van der Waals surface area contributed by atoms with Crippen molar-refractivity contribution in [1.82, 2.24) is 4.72 Å². The average molecular weight is 637 g/mol. The highest BCUT2D eigenvalue weighted by Gasteiger charge is 2.23. The Kier molecular flexibility index (Phi) is 10.6. The summed E-state index contributed by atoms with van der Waals surface area (Å²) in [6.07, 6.45) is -0.768. The Morgan fingerprint density at radius 3 is 1.84 bits per heavy atom. The summed E-state index contributed by atoms with van der Waals surface area (Å²) in [4.78, 5) is 14.8. The molecule has 0 aliphatic carbocycles. The maximum Gasteiger partial charge on any atom is 0.264 e. The van der Waals surface area contributed by atoms with E-state index in [0.717, 1.165) is 11.1 Å². The van der Waals surface area contributed by atoms with Gasteiger partial charge in [-0.3, -0.25) is 4.79 Å². The fourth-order valence-corrected chi connectivity index (χ4v) is 5.92. The van der Waals surface area contributed by atoms with E-state index in [1.807, 2.05) is 55.4 Å². The molecule has 0 spiro atoms. The number of fused-ring (bicyclic) bond motifs is 3. The van der Waals surface area contributed by atoms with Crippen LogP contribution in [0.25, 0.3) is 10.8 Å². The van der Waals surface area contributed by atoms with E-state index < -0.39 is 28.6 Å². The van der Waals surface area contributed by atoms with Gasteiger partial charge >= 0.3 is 0 Å². The smallest absolute Gasteiger partial charge is 0.264 e. The zero-order valence-corrected chi connectivity index (χ0v) is 26.0. The van der Waals surface area contributed by atoms with Crippen molar-refractivity contribution in [3.05, 3.63) is 84.9 Å². The lowest BCUT2D eigenvalue weighted by atomic mass is 10.1. The van der Waals surface area contributed by atoms with Crippen LogP contribution in [0.5, 0.6) is 23.0 Å². The highest BCUT2D eigenvalue weighted by Crippen LogP contribution is 2.31. The first-order valence-electron chi connectivity index (χ1n) is 14.4. The normalized spacial score (nSPS) is 14.9. The molecule has 0 bridgehead atoms. The van der Waals surface area contributed by atoms with E-state index in [-0.39, 0.29) is 18.1 Å². The quantitative estimate of drug-likeness (QED) is 0.332. The molecule has 1 heterocycles. The van der Waals surface area contributed by atoms with E-state index in [2.05, 4.69) is 4.72 Å². The molecular formula is C33H36N2O9S. The summed E-state index contributed by atoms with van der Waals surface area (Å²) in [5.74, 6) is 1.15. The summed E-state index contributed by atoms with van der Waals surface area (Å²) in [7, 11) is -0.456. The van der Waals surface area contributed by atoms with E-state index in [1.54, 1.807) is 42.5 Å². The lowest BCUT2D eigenvalue weighted by Crippen LogP contribution is -2.37. The second-order valence-electron chi connectivity index (χ2n) is 10.3. The second-order valence-corrected chi connectivity index (χ2v) is 12.0. The first-order chi connectivity index (χ1) is 21.8. The first kappa shape index (κ1) is 31.9. The van der Waals surface area contributed by atoms with Gasteiger partial charge in [0.15, 0.2) is 23.0 Å². The van der Waals surface area contributed by atoms with E-state index in [0.29, 0.717) is 54.8 Å². The molecule has 1 amide bonds. The van der Waals surface area contributed by atoms with Gasteiger partial charge in [0.2, 0.25) is 0 Å². The number of nitrogens with zero attached hydrogens (tertiary/aromatic N) is 1. The molecule has 11 nitrogen and oxygen atoms in total. The summed E-state index contributed by atoms with van der Waals surface area (Å²) in [6.45, 7) is 0.735. The van der Waals surface area contributed by atoms with Gasteiger partial charge in [-0.25, -0.2) is 13.1 Å². The maximum atomic E-state index is 13.3. The van der Waals surface area contributed by atoms with Crippen LogP contribution >= 0.6 is 0 Å². The molecule has 0 unspecified atom stereocenters. The summed E-state index contributed by atoms with van der Waals surface area (Å²) < 4.78 is 64.0. The predicted molar refractivity (Wildman–Crippen MR) is 169 cm³/mol. The molecular weight excluding hydrogens is 600 g/mol. The number of sulfonamides is 1. The van der Waals surface area contributed by atoms with Crippen LogP contribution in [0.15, 0.2) is 89.8 Å². The number of ether oxygens (including phenoxy) is 6. The van der Waals surface area contributed by atoms with E-state index in [1.165, 1.54) is 6.07 Å². The molecule has 0 atom stereocenters. The van der Waals surface area contributed by atoms with Crippen LogP contribution < -0.4 is 28.6 Å². The van der Waals surface area contributed by atoms with Crippen molar-refractivity contribution < 1.29 is 41.6 Å². The fourth-order valence-electron chi connectivity index (χ4n) is 4.73. The topological polar surface area (TPSA) is 122 Å². The standard InChI is InChI=1S/C33H36N2O9S/c1-35(2)27-11-7-10-26-25(27)9-8-16-32(26)45(37,38)34-33(36)23-42-24-21-43-30-14-5-3-12-28(30)40-19-17-39-18-20-41-29-13-4-6-15-31(29)44-22-24/h3-16,24H,17-23H2,1-2H3,(H,34,36). The van der Waals surface area contributed by atoms with Crippen molar-refractivity contribution >= 4 is 32.4 Å². The minimum atomic E-state index is -4.21. The monoisotopic (exact) mass is 636 g/mol. The van der Waals surface area contributed by atoms with E-state index >= 15 is 0 Å². The van der Waals surface area contributed by atoms with Gasteiger partial charge in [0.05, 0.1) is 18.1 Å². The molecule has 1 aliphatic heterocycles. The molecule has 1 aliphatic rings. The lowest BCUT2D eigenvalue weighted by molar-refractivity contribution is -0.127. The molecule has 5 rings (SSSR count). The molecule has 4 aromatic rings. The number of benzene rings is 4. The first-order valence-corrected chi connectivity index (χ1v) is 15.9. The number of nitrogens with one attached hydrogen (secondary N) is 1. The molecule has 45 heavy (non-hydrogen) atoms. The highest BCUT2D eigenvalue weighted by molar-refractivity contribution is 7.90. The van der Waals surface area contributed by atoms with Crippen LogP contribution in [0, 0.1) is 0 Å². The SMILES string of the molecule is CN(C)c1cccc2c(S(=O)(=O)NC(=O)COC3COc4ccccc4OCCOCCOc4ccccc4OC3)cccc12. The Hall–Kier alpha value is -4.52. The number of anilines is 1. The molecule has 0 aromatic heterocycles. The van der Waals surface area contributed by atoms with E-state index in [4.69, 9.17) is 28.4 Å². The number of rotatable bonds is 6. The van der Waals surface area contributed by atoms with Crippen molar-refractivity contribution in [2.45, 2.75) is 11.0 Å². The summed E-state index contributed by atoms with van der Waals surface area (Å²) in [5.41, 5.74) is 0.853. The van der Waals surface area contributed by atoms with Gasteiger partial charge in [-0.1, -0.05) is 48.5 Å². The Morgan fingerprint density at radius 1 is 0.733 bits per heavy atom. The number of amides is 1. The molecule has 0 radical (unpaired) electrons. The van der Waals surface area contributed by atoms with Gasteiger partial charge in [0.25, 0.3) is 15.9 Å². The molecule has 0 saturated heterocycles. The summed E-state index contributed by atoms with van der Waals surface area (Å²) in [6, 6.07) is 24.7. The Morgan fingerprint density at radius 2 is 1.27 bits per heavy atom. The molecule has 1 N–H and O–H groups in total. The van der Waals surface area contributed by atoms with Crippen LogP contribution in [0.3, 0.4) is 0 Å². The number of carbonyl (C=O) groups is 1. The van der Waals surface area contributed by atoms with Gasteiger partial charge in [-0.05, 0) is 36.4 Å². The molecule has 238 valence electrons. The van der Waals surface area contributed by atoms with Gasteiger partial charge in [0.1, 0.15) is 39.1 Å². The average Bonchev–Trinajstić information content (AvgIpc) is 3.03. The number of hydrogen-bond acceptors (Lipinski definition) is 10. The van der Waals surface area contributed by atoms with Crippen LogP contribution in [0.2, 0.25) is 0 Å². The minimum Gasteiger partial charge on any atom is -0.487 e. The Bertz CT molecular complexity index is 1660. The maximum absolute atomic E-state index is 13.3. The fraction of sp³-hybridized carbons (Fsp3) is 0.303. The third-order valence-corrected chi connectivity index (χ3v) is 8.28. The van der Waals surface area contributed by atoms with Crippen molar-refractivity contribution in [2.75, 3.05) is 65.2 Å². The number of para-hydroxylation sites is 4. The summed E-state index contributed by atoms with van der Waals surface area (Å²) in [5, 5.41) is 1.24. The largest absolute Gasteiger partial charge is 0.487 e. The van der Waals surface area contributed by atoms with Crippen LogP contribution in [-0.2, 0) is 24.3 Å². The van der Waals surface area contributed by atoms with Crippen molar-refractivity contribution in [2.24, 2.45) is 0 Å². The van der Waals surface area contributed by atoms with Crippen LogP contribution in [0.1, 0.15) is 0 Å². The molecule has 0 fully saturated rings. The third kappa shape index (κ3) is 8.35. The van der Waals surface area contributed by atoms with E-state index in [9.17, 15) is 13.2 Å². The van der Waals surface area contributed by atoms with Gasteiger partial charge in [-0.15, -0.1) is 0 Å². The second kappa shape index (κ2) is 15.0. The van der Waals surface area contributed by atoms with Gasteiger partial charge in [0, 0.05) is 30.6 Å². The van der Waals surface area contributed by atoms with Crippen molar-refractivity contribution in [3.8, 4) is 23.0 Å². The van der Waals surface area contributed by atoms with Crippen molar-refractivity contribution in [1.29, 1.82) is 0 Å². The Labute approximate surface area is 262 Å². The lowest BCUT2D eigenvalue weighted by Gasteiger charge is -2.21. The summed E-state index contributed by atoms with van der Waals surface area (Å²) >= 11 is 0. The predicted octanol–water partition coefficient (Wildman–Crippen LogP) is 4.04. The van der Waals surface area contributed by atoms with Crippen LogP contribution in [-0.4, -0.2) is 80.8 Å². The number of carbonyl (C=O) groups excluding carboxylic acids is 1. The van der Waals surface area contributed by atoms with Gasteiger partial charge < -0.3 is 33.3 Å². The number of hydrogen-bond donors (Lipinski definition) is 1. The Balaban J connectivity index is 1.30. The zero-order chi connectivity index (χ0) is 31.6. The van der Waals surface area contributed by atoms with Gasteiger partial charge in [-0.2, -0.15) is 0 Å². The third-order valence-electron chi connectivity index (χ3n) is 6.85.